The zero-order valence-corrected chi connectivity index (χ0v) is 34.2. The highest BCUT2D eigenvalue weighted by Gasteiger charge is 2.23. The van der Waals surface area contributed by atoms with Crippen LogP contribution in [0.25, 0.3) is 22.3 Å². The van der Waals surface area contributed by atoms with E-state index in [0.717, 1.165) is 51.4 Å². The van der Waals surface area contributed by atoms with Gasteiger partial charge in [0.2, 0.25) is 0 Å². The Bertz CT molecular complexity index is 2130. The molecule has 60 heavy (non-hydrogen) atoms. The molecule has 0 aliphatic rings. The molecule has 0 unspecified atom stereocenters. The molecule has 0 aromatic heterocycles. The predicted molar refractivity (Wildman–Crippen MR) is 231 cm³/mol. The first kappa shape index (κ1) is 44.1. The number of rotatable bonds is 20. The molecule has 314 valence electrons. The molecule has 5 rings (SSSR count). The fourth-order valence-corrected chi connectivity index (χ4v) is 6.54. The summed E-state index contributed by atoms with van der Waals surface area (Å²) >= 11 is 0. The number of nitro groups is 2. The van der Waals surface area contributed by atoms with Crippen LogP contribution in [-0.2, 0) is 0 Å². The Kier molecular flexibility index (Phi) is 15.2. The molecule has 14 heteroatoms. The number of esters is 2. The van der Waals surface area contributed by atoms with Gasteiger partial charge in [-0.1, -0.05) is 63.8 Å². The first-order chi connectivity index (χ1) is 28.8. The van der Waals surface area contributed by atoms with Gasteiger partial charge in [0, 0.05) is 46.8 Å². The van der Waals surface area contributed by atoms with E-state index in [0.29, 0.717) is 22.3 Å². The number of carbonyl (C=O) groups is 2. The van der Waals surface area contributed by atoms with E-state index in [9.17, 15) is 29.8 Å². The Balaban J connectivity index is 1.19. The molecule has 0 saturated carbocycles. The minimum Gasteiger partial charge on any atom is -0.484 e. The second-order valence-electron chi connectivity index (χ2n) is 14.6. The Labute approximate surface area is 348 Å². The molecule has 0 amide bonds. The lowest BCUT2D eigenvalue weighted by Crippen LogP contribution is -2.13. The molecular formula is C46H50N4O10. The van der Waals surface area contributed by atoms with Gasteiger partial charge in [0.05, 0.1) is 33.2 Å². The van der Waals surface area contributed by atoms with Crippen molar-refractivity contribution in [2.45, 2.75) is 91.3 Å². The molecule has 14 nitrogen and oxygen atoms in total. The molecule has 5 aromatic carbocycles. The van der Waals surface area contributed by atoms with Crippen LogP contribution in [0.2, 0.25) is 0 Å². The smallest absolute Gasteiger partial charge is 0.343 e. The molecular weight excluding hydrogens is 769 g/mol. The van der Waals surface area contributed by atoms with Gasteiger partial charge in [-0.05, 0) is 99.2 Å². The Morgan fingerprint density at radius 1 is 0.567 bits per heavy atom. The van der Waals surface area contributed by atoms with Crippen LogP contribution in [0.1, 0.15) is 99.8 Å². The van der Waals surface area contributed by atoms with Crippen molar-refractivity contribution in [2.75, 3.05) is 11.5 Å². The summed E-state index contributed by atoms with van der Waals surface area (Å²) in [6.07, 6.45) is 7.21. The molecule has 0 heterocycles. The largest absolute Gasteiger partial charge is 0.484 e. The van der Waals surface area contributed by atoms with Crippen LogP contribution >= 0.6 is 0 Å². The topological polar surface area (TPSA) is 209 Å². The van der Waals surface area contributed by atoms with Gasteiger partial charge in [-0.2, -0.15) is 0 Å². The predicted octanol–water partition coefficient (Wildman–Crippen LogP) is 11.1. The molecule has 0 spiro atoms. The van der Waals surface area contributed by atoms with Crippen molar-refractivity contribution in [3.05, 3.63) is 128 Å². The molecule has 0 aliphatic heterocycles. The summed E-state index contributed by atoms with van der Waals surface area (Å²) in [6.45, 7) is 7.95. The zero-order chi connectivity index (χ0) is 43.3. The second-order valence-corrected chi connectivity index (χ2v) is 14.6. The first-order valence-electron chi connectivity index (χ1n) is 20.0. The number of ether oxygens (including phenoxy) is 4. The molecule has 0 radical (unpaired) electrons. The highest BCUT2D eigenvalue weighted by atomic mass is 16.6. The van der Waals surface area contributed by atoms with Crippen molar-refractivity contribution in [3.63, 3.8) is 0 Å². The first-order valence-corrected chi connectivity index (χ1v) is 20.0. The highest BCUT2D eigenvalue weighted by Crippen LogP contribution is 2.40. The van der Waals surface area contributed by atoms with Crippen molar-refractivity contribution in [2.24, 2.45) is 0 Å². The maximum Gasteiger partial charge on any atom is 0.343 e. The third kappa shape index (κ3) is 11.6. The Hall–Kier alpha value is -6.96. The third-order valence-electron chi connectivity index (χ3n) is 9.85. The van der Waals surface area contributed by atoms with Gasteiger partial charge in [0.25, 0.3) is 0 Å². The second kappa shape index (κ2) is 20.6. The van der Waals surface area contributed by atoms with Crippen LogP contribution in [0.4, 0.5) is 22.7 Å². The van der Waals surface area contributed by atoms with Crippen molar-refractivity contribution in [1.29, 1.82) is 0 Å². The van der Waals surface area contributed by atoms with E-state index in [4.69, 9.17) is 30.4 Å². The Morgan fingerprint density at radius 2 is 0.917 bits per heavy atom. The van der Waals surface area contributed by atoms with Crippen LogP contribution in [0.15, 0.2) is 97.1 Å². The van der Waals surface area contributed by atoms with Gasteiger partial charge in [0.1, 0.15) is 11.5 Å². The molecule has 0 saturated heterocycles. The summed E-state index contributed by atoms with van der Waals surface area (Å²) in [4.78, 5) is 48.8. The average molecular weight is 819 g/mol. The molecule has 2 atom stereocenters. The van der Waals surface area contributed by atoms with Crippen LogP contribution in [0.3, 0.4) is 0 Å². The lowest BCUT2D eigenvalue weighted by Gasteiger charge is -2.16. The van der Waals surface area contributed by atoms with Gasteiger partial charge in [-0.15, -0.1) is 0 Å². The van der Waals surface area contributed by atoms with Crippen molar-refractivity contribution < 1.29 is 38.4 Å². The number of nitrogens with zero attached hydrogens (tertiary/aromatic N) is 2. The van der Waals surface area contributed by atoms with Crippen molar-refractivity contribution in [3.8, 4) is 45.3 Å². The van der Waals surface area contributed by atoms with E-state index in [2.05, 4.69) is 13.8 Å². The van der Waals surface area contributed by atoms with E-state index in [1.807, 2.05) is 13.8 Å². The number of nitrogen functional groups attached to an aromatic ring is 2. The molecule has 0 aliphatic carbocycles. The van der Waals surface area contributed by atoms with Crippen LogP contribution in [0.5, 0.6) is 23.0 Å². The number of carbonyl (C=O) groups excluding carboxylic acids is 2. The summed E-state index contributed by atoms with van der Waals surface area (Å²) in [6, 6.07) is 24.2. The number of anilines is 2. The van der Waals surface area contributed by atoms with E-state index in [-0.39, 0.29) is 69.1 Å². The number of unbranched alkanes of at least 4 members (excludes halogenated alkanes) is 4. The number of hydrogen-bond donors (Lipinski definition) is 2. The fraction of sp³-hybridized carbons (Fsp3) is 0.304. The Morgan fingerprint density at radius 3 is 1.23 bits per heavy atom. The van der Waals surface area contributed by atoms with E-state index in [1.54, 1.807) is 24.3 Å². The van der Waals surface area contributed by atoms with E-state index >= 15 is 0 Å². The van der Waals surface area contributed by atoms with Crippen molar-refractivity contribution >= 4 is 34.7 Å². The summed E-state index contributed by atoms with van der Waals surface area (Å²) in [7, 11) is 0. The van der Waals surface area contributed by atoms with Gasteiger partial charge >= 0.3 is 23.3 Å². The molecule has 0 bridgehead atoms. The number of nitro benzene ring substituents is 2. The number of hydrogen-bond acceptors (Lipinski definition) is 12. The van der Waals surface area contributed by atoms with E-state index < -0.39 is 21.8 Å². The quantitative estimate of drug-likeness (QED) is 0.0188. The van der Waals surface area contributed by atoms with Gasteiger partial charge in [0.15, 0.2) is 11.5 Å². The summed E-state index contributed by atoms with van der Waals surface area (Å²) in [5.41, 5.74) is 15.2. The van der Waals surface area contributed by atoms with Crippen LogP contribution in [0, 0.1) is 20.2 Å². The van der Waals surface area contributed by atoms with Gasteiger partial charge < -0.3 is 30.4 Å². The standard InChI is InChI=1S/C46H50N4O10/c1-5-7-9-11-29(3)57-43-27-39(47)37(25-41(43)49(53)54)31-13-17-33(18-14-31)45(51)59-35-21-23-36(24-22-35)60-46(52)34-19-15-32(16-20-34)38-26-42(50(55)56)44(28-40(38)48)58-30(4)12-10-8-6-2/h13-30H,5-12,47-48H2,1-4H3/t29-,30-/m1/s1. The highest BCUT2D eigenvalue weighted by molar-refractivity contribution is 5.93. The average Bonchev–Trinajstić information content (AvgIpc) is 3.22. The molecule has 5 aromatic rings. The lowest BCUT2D eigenvalue weighted by atomic mass is 10.0. The van der Waals surface area contributed by atoms with Crippen LogP contribution < -0.4 is 30.4 Å². The summed E-state index contributed by atoms with van der Waals surface area (Å²) in [5.74, 6) is -0.709. The minimum atomic E-state index is -0.656. The zero-order valence-electron chi connectivity index (χ0n) is 34.2. The molecule has 4 N–H and O–H groups in total. The lowest BCUT2D eigenvalue weighted by molar-refractivity contribution is -0.386. The van der Waals surface area contributed by atoms with Crippen LogP contribution in [-0.4, -0.2) is 34.0 Å². The van der Waals surface area contributed by atoms with E-state index in [1.165, 1.54) is 72.8 Å². The summed E-state index contributed by atoms with van der Waals surface area (Å²) < 4.78 is 22.8. The van der Waals surface area contributed by atoms with Gasteiger partial charge in [-0.3, -0.25) is 20.2 Å². The number of nitrogens with two attached hydrogens (primary N) is 2. The molecule has 0 fully saturated rings. The summed E-state index contributed by atoms with van der Waals surface area (Å²) in [5, 5.41) is 23.9. The minimum absolute atomic E-state index is 0.106. The maximum atomic E-state index is 13.0. The normalized spacial score (nSPS) is 11.9. The SMILES string of the molecule is CCCCC[C@@H](C)Oc1cc(N)c(-c2ccc(C(=O)Oc3ccc(OC(=O)c4ccc(-c5cc([N+](=O)[O-])c(O[C@H](C)CCCCC)cc5N)cc4)cc3)cc2)cc1[N+](=O)[O-]. The third-order valence-corrected chi connectivity index (χ3v) is 9.85. The van der Waals surface area contributed by atoms with Gasteiger partial charge in [-0.25, -0.2) is 9.59 Å². The fourth-order valence-electron chi connectivity index (χ4n) is 6.54. The number of benzene rings is 5. The maximum absolute atomic E-state index is 13.0. The monoisotopic (exact) mass is 818 g/mol. The van der Waals surface area contributed by atoms with Crippen molar-refractivity contribution in [1.82, 2.24) is 0 Å².